The topological polar surface area (TPSA) is 66.8 Å². The highest BCUT2D eigenvalue weighted by atomic mass is 35.5. The highest BCUT2D eigenvalue weighted by molar-refractivity contribution is 6.31. The van der Waals surface area contributed by atoms with Crippen LogP contribution < -0.4 is 22.0 Å². The molecule has 150 valence electrons. The largest absolute Gasteiger partial charge is 1.00 e. The molecule has 10 heteroatoms. The molecular formula is C18H13Cl2F3NO4-. The molecule has 1 atom stereocenters. The molecule has 0 aliphatic carbocycles. The van der Waals surface area contributed by atoms with Crippen molar-refractivity contribution in [3.63, 3.8) is 0 Å². The molecule has 0 saturated heterocycles. The number of aromatic carboxylic acids is 1. The van der Waals surface area contributed by atoms with Crippen molar-refractivity contribution < 1.29 is 45.0 Å². The summed E-state index contributed by atoms with van der Waals surface area (Å²) in [4.78, 5) is 25.2. The molecule has 1 aliphatic heterocycles. The Morgan fingerprint density at radius 3 is 2.57 bits per heavy atom. The number of carbonyl (C=O) groups is 2. The minimum atomic E-state index is -4.52. The van der Waals surface area contributed by atoms with Crippen molar-refractivity contribution in [1.82, 2.24) is 0 Å². The van der Waals surface area contributed by atoms with Gasteiger partial charge in [-0.25, -0.2) is 4.79 Å². The molecule has 1 N–H and O–H groups in total. The first-order valence-corrected chi connectivity index (χ1v) is 8.16. The fraction of sp³-hybridized carbons (Fsp3) is 0.222. The maximum Gasteiger partial charge on any atom is 0.416 e. The van der Waals surface area contributed by atoms with Crippen molar-refractivity contribution in [2.75, 3.05) is 4.90 Å². The maximum atomic E-state index is 12.9. The number of rotatable bonds is 3. The first-order valence-electron chi connectivity index (χ1n) is 7.79. The zero-order valence-corrected chi connectivity index (χ0v) is 15.8. The summed E-state index contributed by atoms with van der Waals surface area (Å²) in [5, 5.41) is 9.41. The Hall–Kier alpha value is -2.45. The summed E-state index contributed by atoms with van der Waals surface area (Å²) < 4.78 is 44.2. The Kier molecular flexibility index (Phi) is 6.15. The van der Waals surface area contributed by atoms with E-state index in [2.05, 4.69) is 0 Å². The summed E-state index contributed by atoms with van der Waals surface area (Å²) in [5.41, 5.74) is -0.743. The molecule has 1 unspecified atom stereocenters. The number of benzene rings is 2. The van der Waals surface area contributed by atoms with Crippen LogP contribution >= 0.6 is 11.6 Å². The number of anilines is 1. The molecule has 0 fully saturated rings. The minimum Gasteiger partial charge on any atom is -1.00 e. The minimum absolute atomic E-state index is 0. The highest BCUT2D eigenvalue weighted by Crippen LogP contribution is 2.40. The Balaban J connectivity index is 0.00000280. The van der Waals surface area contributed by atoms with E-state index in [-0.39, 0.29) is 46.5 Å². The standard InChI is InChI=1S/C18H13ClF3NO4.ClH/c1-9-16(24)23(8-10-3-2-4-11(5-10)18(20,21)22)14-7-12(19)6-13(17(25)26)15(14)27-9;/h2-7,9H,8H2,1H3,(H,25,26);1H/p-1. The predicted octanol–water partition coefficient (Wildman–Crippen LogP) is 1.38. The number of fused-ring (bicyclic) bond motifs is 1. The quantitative estimate of drug-likeness (QED) is 0.792. The molecular weight excluding hydrogens is 422 g/mol. The van der Waals surface area contributed by atoms with Gasteiger partial charge in [0, 0.05) is 5.02 Å². The fourth-order valence-electron chi connectivity index (χ4n) is 2.82. The fourth-order valence-corrected chi connectivity index (χ4v) is 3.03. The summed E-state index contributed by atoms with van der Waals surface area (Å²) in [7, 11) is 0. The molecule has 1 amide bonds. The lowest BCUT2D eigenvalue weighted by Crippen LogP contribution is -3.00. The first-order chi connectivity index (χ1) is 12.6. The lowest BCUT2D eigenvalue weighted by Gasteiger charge is -2.34. The zero-order valence-electron chi connectivity index (χ0n) is 14.3. The SMILES string of the molecule is CC1Oc2c(C(=O)O)cc(Cl)cc2N(Cc2cccc(C(F)(F)F)c2)C1=O.[Cl-]. The summed E-state index contributed by atoms with van der Waals surface area (Å²) in [5.74, 6) is -1.86. The van der Waals surface area contributed by atoms with Gasteiger partial charge < -0.3 is 27.2 Å². The third-order valence-corrected chi connectivity index (χ3v) is 4.28. The number of carboxylic acid groups (broad SMARTS) is 1. The van der Waals surface area contributed by atoms with Crippen LogP contribution in [0, 0.1) is 0 Å². The van der Waals surface area contributed by atoms with Gasteiger partial charge in [-0.3, -0.25) is 4.79 Å². The van der Waals surface area contributed by atoms with Crippen LogP contribution in [0.2, 0.25) is 5.02 Å². The number of halogens is 5. The summed E-state index contributed by atoms with van der Waals surface area (Å²) in [6, 6.07) is 7.10. The molecule has 0 spiro atoms. The second-order valence-electron chi connectivity index (χ2n) is 5.99. The van der Waals surface area contributed by atoms with E-state index < -0.39 is 29.7 Å². The number of alkyl halides is 3. The lowest BCUT2D eigenvalue weighted by atomic mass is 10.1. The van der Waals surface area contributed by atoms with Crippen molar-refractivity contribution in [2.24, 2.45) is 0 Å². The second-order valence-corrected chi connectivity index (χ2v) is 6.43. The van der Waals surface area contributed by atoms with Crippen molar-refractivity contribution in [2.45, 2.75) is 25.7 Å². The third-order valence-electron chi connectivity index (χ3n) is 4.06. The van der Waals surface area contributed by atoms with Crippen molar-refractivity contribution in [3.8, 4) is 5.75 Å². The number of carboxylic acids is 1. The van der Waals surface area contributed by atoms with E-state index in [0.717, 1.165) is 12.1 Å². The van der Waals surface area contributed by atoms with Crippen LogP contribution in [-0.4, -0.2) is 23.1 Å². The number of amides is 1. The van der Waals surface area contributed by atoms with Gasteiger partial charge in [-0.2, -0.15) is 13.2 Å². The van der Waals surface area contributed by atoms with Gasteiger partial charge in [-0.1, -0.05) is 23.7 Å². The molecule has 0 aromatic heterocycles. The van der Waals surface area contributed by atoms with Crippen LogP contribution in [0.4, 0.5) is 18.9 Å². The van der Waals surface area contributed by atoms with Crippen LogP contribution in [-0.2, 0) is 17.5 Å². The van der Waals surface area contributed by atoms with Crippen LogP contribution in [0.3, 0.4) is 0 Å². The maximum absolute atomic E-state index is 12.9. The smallest absolute Gasteiger partial charge is 0.416 e. The van der Waals surface area contributed by atoms with Crippen LogP contribution in [0.5, 0.6) is 5.75 Å². The van der Waals surface area contributed by atoms with Gasteiger partial charge in [-0.05, 0) is 36.8 Å². The van der Waals surface area contributed by atoms with E-state index in [9.17, 15) is 27.9 Å². The van der Waals surface area contributed by atoms with Gasteiger partial charge in [0.1, 0.15) is 5.56 Å². The Morgan fingerprint density at radius 1 is 1.29 bits per heavy atom. The van der Waals surface area contributed by atoms with Gasteiger partial charge in [0.05, 0.1) is 17.8 Å². The Labute approximate surface area is 169 Å². The number of carbonyl (C=O) groups excluding carboxylic acids is 1. The predicted molar refractivity (Wildman–Crippen MR) is 91.1 cm³/mol. The average Bonchev–Trinajstić information content (AvgIpc) is 2.58. The summed E-state index contributed by atoms with van der Waals surface area (Å²) in [6.45, 7) is 1.24. The van der Waals surface area contributed by atoms with E-state index in [1.54, 1.807) is 0 Å². The van der Waals surface area contributed by atoms with Crippen molar-refractivity contribution >= 4 is 29.2 Å². The molecule has 0 bridgehead atoms. The molecule has 3 rings (SSSR count). The van der Waals surface area contributed by atoms with Gasteiger partial charge in [-0.15, -0.1) is 0 Å². The highest BCUT2D eigenvalue weighted by Gasteiger charge is 2.35. The van der Waals surface area contributed by atoms with Crippen LogP contribution in [0.1, 0.15) is 28.4 Å². The van der Waals surface area contributed by atoms with Crippen LogP contribution in [0.25, 0.3) is 0 Å². The number of ether oxygens (including phenoxy) is 1. The number of hydrogen-bond donors (Lipinski definition) is 1. The first kappa shape index (κ1) is 21.8. The monoisotopic (exact) mass is 434 g/mol. The molecule has 5 nitrogen and oxygen atoms in total. The number of hydrogen-bond acceptors (Lipinski definition) is 3. The Bertz CT molecular complexity index is 934. The molecule has 28 heavy (non-hydrogen) atoms. The van der Waals surface area contributed by atoms with Gasteiger partial charge in [0.2, 0.25) is 0 Å². The summed E-state index contributed by atoms with van der Waals surface area (Å²) in [6.07, 6.45) is -5.52. The van der Waals surface area contributed by atoms with Gasteiger partial charge in [0.15, 0.2) is 11.9 Å². The van der Waals surface area contributed by atoms with E-state index in [1.165, 1.54) is 36.1 Å². The normalized spacial score (nSPS) is 16.1. The van der Waals surface area contributed by atoms with E-state index >= 15 is 0 Å². The van der Waals surface area contributed by atoms with Crippen molar-refractivity contribution in [3.05, 3.63) is 58.1 Å². The summed E-state index contributed by atoms with van der Waals surface area (Å²) >= 11 is 5.96. The average molecular weight is 435 g/mol. The van der Waals surface area contributed by atoms with Crippen LogP contribution in [0.15, 0.2) is 36.4 Å². The molecule has 0 radical (unpaired) electrons. The lowest BCUT2D eigenvalue weighted by molar-refractivity contribution is -0.137. The molecule has 1 aliphatic rings. The van der Waals surface area contributed by atoms with Gasteiger partial charge >= 0.3 is 12.1 Å². The third kappa shape index (κ3) is 4.18. The van der Waals surface area contributed by atoms with E-state index in [0.29, 0.717) is 0 Å². The molecule has 0 saturated carbocycles. The number of nitrogens with zero attached hydrogens (tertiary/aromatic N) is 1. The van der Waals surface area contributed by atoms with Gasteiger partial charge in [0.25, 0.3) is 5.91 Å². The van der Waals surface area contributed by atoms with E-state index in [1.807, 2.05) is 0 Å². The molecule has 2 aromatic rings. The second kappa shape index (κ2) is 7.89. The van der Waals surface area contributed by atoms with E-state index in [4.69, 9.17) is 16.3 Å². The molecule has 1 heterocycles. The zero-order chi connectivity index (χ0) is 19.9. The van der Waals surface area contributed by atoms with Crippen molar-refractivity contribution in [1.29, 1.82) is 0 Å². The Morgan fingerprint density at radius 2 is 1.96 bits per heavy atom. The molecule has 2 aromatic carbocycles.